The highest BCUT2D eigenvalue weighted by molar-refractivity contribution is 9.10. The standard InChI is InChI=1S/C45H25N3O2S.C39H30BN3O4.C12H7BrS/c1-2-10-26(11-3-1)43-46-44(48-45(47-43)35-17-9-15-33-30-12-4-6-18-37(30)50-41(33)35)28-20-22-31-36-24-27(21-23-38(36)49-39(31)25-28)29-14-8-16-34-32-13-5-7-19-40(32)51-42(29)34;1-38(2)39(3,4)47-40(46-38)25-18-20-32-30(22-25)27-19-17-24(21-33(27)44-32)36-41-35(23-11-6-5-7-12-23)42-37(43-36)29-15-10-14-28-26-13-8-9-16-31(26)45-34(28)29;13-10-6-3-5-9-8-4-1-2-7-11(8)14-12(9)10/h1-25H;5-22H,1-4H3;1-7H/i1D,2D,3D,10D,11D;5D,6D,7D,11D,12D;. The smallest absolute Gasteiger partial charge is 0.456 e. The predicted molar refractivity (Wildman–Crippen MR) is 462 cm³/mol. The highest BCUT2D eigenvalue weighted by Gasteiger charge is 2.52. The number of hydrogen-bond donors (Lipinski definition) is 0. The van der Waals surface area contributed by atoms with Crippen molar-refractivity contribution < 1.29 is 40.7 Å². The Kier molecular flexibility index (Phi) is 13.7. The van der Waals surface area contributed by atoms with E-state index in [0.29, 0.717) is 61.3 Å². The van der Waals surface area contributed by atoms with E-state index in [4.69, 9.17) is 70.6 Å². The van der Waals surface area contributed by atoms with E-state index < -0.39 is 78.7 Å². The van der Waals surface area contributed by atoms with Gasteiger partial charge in [-0.3, -0.25) is 0 Å². The first-order valence-electron chi connectivity index (χ1n) is 41.2. The number of furan rings is 4. The van der Waals surface area contributed by atoms with E-state index in [-0.39, 0.29) is 46.1 Å². The maximum absolute atomic E-state index is 8.74. The molecule has 1 saturated heterocycles. The minimum atomic E-state index is -0.529. The SMILES string of the molecule is Brc1cccc2c1sc1ccccc12.[2H]c1c([2H])c([2H])c(-c2nc(-c3ccc4c(c3)oc3ccc(-c5cccc6c5sc5ccccc56)cc34)nc(-c3cccc4c3oc3ccccc34)n2)c([2H])c1[2H].[2H]c1c([2H])c([2H])c(-c2nc(-c3ccc4c(c3)oc3ccc(B5OC(C)(C)C(C)(C)O5)cc34)nc(-c3cccc4c3oc3ccccc34)n2)c([2H])c1[2H]. The van der Waals surface area contributed by atoms with Gasteiger partial charge in [0.05, 0.1) is 36.0 Å². The molecule has 0 N–H and O–H groups in total. The summed E-state index contributed by atoms with van der Waals surface area (Å²) in [6.07, 6.45) is 0. The molecule has 12 nitrogen and oxygen atoms in total. The van der Waals surface area contributed by atoms with Crippen LogP contribution in [0.2, 0.25) is 0 Å². The second kappa shape index (κ2) is 26.8. The maximum atomic E-state index is 8.74. The summed E-state index contributed by atoms with van der Waals surface area (Å²) in [6.45, 7) is 8.08. The van der Waals surface area contributed by atoms with Gasteiger partial charge in [0.2, 0.25) is 0 Å². The van der Waals surface area contributed by atoms with Crippen LogP contribution in [0.5, 0.6) is 0 Å². The zero-order valence-electron chi connectivity index (χ0n) is 70.0. The summed E-state index contributed by atoms with van der Waals surface area (Å²) in [5, 5.41) is 12.4. The Bertz CT molecular complexity index is 8140. The molecule has 14 aromatic carbocycles. The lowest BCUT2D eigenvalue weighted by Crippen LogP contribution is -2.41. The molecule has 1 aliphatic heterocycles. The molecule has 8 aromatic heterocycles. The molecule has 534 valence electrons. The largest absolute Gasteiger partial charge is 0.494 e. The molecule has 0 unspecified atom stereocenters. The van der Waals surface area contributed by atoms with Gasteiger partial charge in [-0.05, 0) is 145 Å². The molecule has 1 aliphatic rings. The van der Waals surface area contributed by atoms with Crippen LogP contribution in [0.25, 0.3) is 208 Å². The summed E-state index contributed by atoms with van der Waals surface area (Å²) in [7, 11) is -0.529. The van der Waals surface area contributed by atoms with Gasteiger partial charge >= 0.3 is 7.12 Å². The second-order valence-electron chi connectivity index (χ2n) is 28.3. The molecule has 0 radical (unpaired) electrons. The third-order valence-corrected chi connectivity index (χ3v) is 24.5. The highest BCUT2D eigenvalue weighted by atomic mass is 79.9. The van der Waals surface area contributed by atoms with Gasteiger partial charge in [0.25, 0.3) is 0 Å². The molecule has 0 spiro atoms. The van der Waals surface area contributed by atoms with Gasteiger partial charge in [-0.25, -0.2) is 29.9 Å². The lowest BCUT2D eigenvalue weighted by atomic mass is 9.78. The Hall–Kier alpha value is -12.8. The fourth-order valence-electron chi connectivity index (χ4n) is 14.9. The third-order valence-electron chi connectivity index (χ3n) is 21.1. The number of halogens is 1. The Balaban J connectivity index is 0.000000129. The molecule has 1 fully saturated rings. The molecule has 9 heterocycles. The molecule has 0 amide bonds. The summed E-state index contributed by atoms with van der Waals surface area (Å²) in [6, 6.07) is 75.6. The summed E-state index contributed by atoms with van der Waals surface area (Å²) >= 11 is 7.22. The average Bonchev–Trinajstić information content (AvgIpc) is 1.74. The quantitative estimate of drug-likeness (QED) is 0.133. The van der Waals surface area contributed by atoms with Crippen LogP contribution < -0.4 is 5.46 Å². The molecule has 0 bridgehead atoms. The van der Waals surface area contributed by atoms with E-state index in [2.05, 4.69) is 113 Å². The zero-order chi connectivity index (χ0) is 83.6. The van der Waals surface area contributed by atoms with E-state index in [9.17, 15) is 0 Å². The van der Waals surface area contributed by atoms with Gasteiger partial charge in [0.15, 0.2) is 34.9 Å². The zero-order valence-corrected chi connectivity index (χ0v) is 63.2. The number of fused-ring (bicyclic) bond motifs is 18. The van der Waals surface area contributed by atoms with Crippen LogP contribution in [0.15, 0.2) is 325 Å². The molecule has 16 heteroatoms. The van der Waals surface area contributed by atoms with Gasteiger partial charge in [0, 0.05) is 110 Å². The Labute approximate surface area is 671 Å². The number of para-hydroxylation sites is 4. The van der Waals surface area contributed by atoms with Crippen LogP contribution in [0.3, 0.4) is 0 Å². The molecule has 22 aromatic rings. The highest BCUT2D eigenvalue weighted by Crippen LogP contribution is 2.45. The molecular weight excluding hydrogens is 1490 g/mol. The topological polar surface area (TPSA) is 148 Å². The lowest BCUT2D eigenvalue weighted by Gasteiger charge is -2.32. The number of aromatic nitrogens is 6. The van der Waals surface area contributed by atoms with Gasteiger partial charge in [-0.15, -0.1) is 22.7 Å². The summed E-state index contributed by atoms with van der Waals surface area (Å²) < 4.78 is 129. The van der Waals surface area contributed by atoms with Crippen LogP contribution in [0.1, 0.15) is 41.4 Å². The van der Waals surface area contributed by atoms with Crippen molar-refractivity contribution in [2.24, 2.45) is 0 Å². The van der Waals surface area contributed by atoms with E-state index in [0.717, 1.165) is 65.3 Å². The number of nitrogens with zero attached hydrogens (tertiary/aromatic N) is 6. The van der Waals surface area contributed by atoms with Crippen molar-refractivity contribution in [2.75, 3.05) is 0 Å². The maximum Gasteiger partial charge on any atom is 0.494 e. The molecule has 0 atom stereocenters. The molecule has 23 rings (SSSR count). The molecule has 0 aliphatic carbocycles. The Morgan fingerprint density at radius 3 is 1.23 bits per heavy atom. The van der Waals surface area contributed by atoms with Gasteiger partial charge in [-0.2, -0.15) is 0 Å². The van der Waals surface area contributed by atoms with Crippen molar-refractivity contribution in [1.29, 1.82) is 0 Å². The minimum Gasteiger partial charge on any atom is -0.456 e. The summed E-state index contributed by atoms with van der Waals surface area (Å²) in [5.41, 5.74) is 9.37. The predicted octanol–water partition coefficient (Wildman–Crippen LogP) is 26.5. The first kappa shape index (κ1) is 57.3. The minimum absolute atomic E-state index is 0.0557. The fraction of sp³-hybridized carbons (Fsp3) is 0.0625. The van der Waals surface area contributed by atoms with E-state index in [1.807, 2.05) is 185 Å². The van der Waals surface area contributed by atoms with Crippen molar-refractivity contribution in [3.63, 3.8) is 0 Å². The van der Waals surface area contributed by atoms with Crippen LogP contribution in [-0.2, 0) is 9.31 Å². The molecule has 0 saturated carbocycles. The normalized spacial score (nSPS) is 14.7. The number of benzene rings is 14. The number of hydrogen-bond acceptors (Lipinski definition) is 14. The van der Waals surface area contributed by atoms with Crippen LogP contribution in [0.4, 0.5) is 0 Å². The first-order valence-corrected chi connectivity index (χ1v) is 38.7. The van der Waals surface area contributed by atoms with Crippen molar-refractivity contribution >= 4 is 179 Å². The van der Waals surface area contributed by atoms with Gasteiger partial charge in [-0.1, -0.05) is 218 Å². The van der Waals surface area contributed by atoms with Crippen LogP contribution >= 0.6 is 38.6 Å². The van der Waals surface area contributed by atoms with E-state index >= 15 is 0 Å². The van der Waals surface area contributed by atoms with Crippen molar-refractivity contribution in [3.8, 4) is 79.5 Å². The van der Waals surface area contributed by atoms with Crippen molar-refractivity contribution in [1.82, 2.24) is 29.9 Å². The molecule has 112 heavy (non-hydrogen) atoms. The summed E-state index contributed by atoms with van der Waals surface area (Å²) in [4.78, 5) is 28.8. The average molecular weight is 1560 g/mol. The van der Waals surface area contributed by atoms with E-state index in [1.165, 1.54) is 44.8 Å². The second-order valence-corrected chi connectivity index (χ2v) is 31.3. The molecular formula is C96H62BBrN6O6S2. The van der Waals surface area contributed by atoms with Crippen LogP contribution in [-0.4, -0.2) is 48.2 Å². The summed E-state index contributed by atoms with van der Waals surface area (Å²) in [5.74, 6) is 0.783. The number of rotatable bonds is 8. The number of thiophene rings is 2. The Morgan fingerprint density at radius 1 is 0.304 bits per heavy atom. The third kappa shape index (κ3) is 11.6. The Morgan fingerprint density at radius 2 is 0.696 bits per heavy atom. The van der Waals surface area contributed by atoms with Gasteiger partial charge < -0.3 is 27.0 Å². The van der Waals surface area contributed by atoms with Crippen LogP contribution in [0, 0.1) is 0 Å². The fourth-order valence-corrected chi connectivity index (χ4v) is 17.8. The monoisotopic (exact) mass is 1560 g/mol. The van der Waals surface area contributed by atoms with Crippen molar-refractivity contribution in [2.45, 2.75) is 38.9 Å². The lowest BCUT2D eigenvalue weighted by molar-refractivity contribution is 0.00578. The first-order chi connectivity index (χ1) is 59.0. The van der Waals surface area contributed by atoms with E-state index in [1.54, 1.807) is 11.3 Å². The van der Waals surface area contributed by atoms with Crippen molar-refractivity contribution in [3.05, 3.63) is 308 Å². The van der Waals surface area contributed by atoms with Gasteiger partial charge in [0.1, 0.15) is 44.7 Å².